The van der Waals surface area contributed by atoms with Crippen molar-refractivity contribution in [2.24, 2.45) is 0 Å². The van der Waals surface area contributed by atoms with Crippen LogP contribution in [0.25, 0.3) is 10.6 Å². The summed E-state index contributed by atoms with van der Waals surface area (Å²) in [7, 11) is 0. The number of amides is 1. The third-order valence-corrected chi connectivity index (χ3v) is 4.86. The molecule has 2 N–H and O–H groups in total. The van der Waals surface area contributed by atoms with Crippen molar-refractivity contribution in [2.45, 2.75) is 12.5 Å². The SMILES string of the molecule is O=C(Cc1csc(-c2ccccc2)n1)NC(C(=O)O)c1ccc(Cl)cc1. The topological polar surface area (TPSA) is 79.3 Å². The quantitative estimate of drug-likeness (QED) is 0.672. The van der Waals surface area contributed by atoms with Gasteiger partial charge in [-0.05, 0) is 17.7 Å². The Kier molecular flexibility index (Phi) is 5.65. The van der Waals surface area contributed by atoms with E-state index in [1.165, 1.54) is 11.3 Å². The molecule has 1 amide bonds. The first-order valence-corrected chi connectivity index (χ1v) is 9.06. The molecule has 0 aliphatic carbocycles. The van der Waals surface area contributed by atoms with E-state index in [9.17, 15) is 14.7 Å². The fraction of sp³-hybridized carbons (Fsp3) is 0.105. The van der Waals surface area contributed by atoms with Gasteiger partial charge in [0.25, 0.3) is 0 Å². The number of thiazole rings is 1. The van der Waals surface area contributed by atoms with Gasteiger partial charge in [-0.25, -0.2) is 9.78 Å². The van der Waals surface area contributed by atoms with Crippen LogP contribution in [0.1, 0.15) is 17.3 Å². The number of carbonyl (C=O) groups excluding carboxylic acids is 1. The van der Waals surface area contributed by atoms with Gasteiger partial charge in [0.1, 0.15) is 5.01 Å². The lowest BCUT2D eigenvalue weighted by molar-refractivity contribution is -0.142. The standard InChI is InChI=1S/C19H15ClN2O3S/c20-14-8-6-12(7-9-14)17(19(24)25)22-16(23)10-15-11-26-18(21-15)13-4-2-1-3-5-13/h1-9,11,17H,10H2,(H,22,23)(H,24,25). The predicted molar refractivity (Wildman–Crippen MR) is 101 cm³/mol. The molecule has 0 aliphatic heterocycles. The number of aromatic nitrogens is 1. The van der Waals surface area contributed by atoms with E-state index in [1.54, 1.807) is 29.6 Å². The fourth-order valence-electron chi connectivity index (χ4n) is 2.42. The highest BCUT2D eigenvalue weighted by molar-refractivity contribution is 7.13. The number of nitrogens with one attached hydrogen (secondary N) is 1. The number of benzene rings is 2. The second-order valence-corrected chi connectivity index (χ2v) is 6.87. The Morgan fingerprint density at radius 1 is 1.12 bits per heavy atom. The minimum Gasteiger partial charge on any atom is -0.479 e. The molecular formula is C19H15ClN2O3S. The minimum atomic E-state index is -1.14. The summed E-state index contributed by atoms with van der Waals surface area (Å²) in [6.07, 6.45) is 0.0146. The summed E-state index contributed by atoms with van der Waals surface area (Å²) < 4.78 is 0. The Morgan fingerprint density at radius 3 is 2.46 bits per heavy atom. The van der Waals surface area contributed by atoms with Gasteiger partial charge in [0.15, 0.2) is 6.04 Å². The second kappa shape index (κ2) is 8.12. The summed E-state index contributed by atoms with van der Waals surface area (Å²) in [4.78, 5) is 28.2. The average Bonchev–Trinajstić information content (AvgIpc) is 3.09. The molecule has 0 aliphatic rings. The molecule has 0 bridgehead atoms. The molecule has 1 atom stereocenters. The van der Waals surface area contributed by atoms with Crippen LogP contribution in [0.3, 0.4) is 0 Å². The van der Waals surface area contributed by atoms with Gasteiger partial charge >= 0.3 is 5.97 Å². The summed E-state index contributed by atoms with van der Waals surface area (Å²) in [5.41, 5.74) is 2.04. The summed E-state index contributed by atoms with van der Waals surface area (Å²) >= 11 is 7.27. The van der Waals surface area contributed by atoms with Crippen LogP contribution in [-0.4, -0.2) is 22.0 Å². The Labute approximate surface area is 159 Å². The van der Waals surface area contributed by atoms with Crippen molar-refractivity contribution in [2.75, 3.05) is 0 Å². The lowest BCUT2D eigenvalue weighted by atomic mass is 10.1. The summed E-state index contributed by atoms with van der Waals surface area (Å²) in [5, 5.41) is 15.1. The van der Waals surface area contributed by atoms with Crippen LogP contribution in [0.15, 0.2) is 60.0 Å². The molecule has 0 radical (unpaired) electrons. The Hall–Kier alpha value is -2.70. The largest absolute Gasteiger partial charge is 0.479 e. The third kappa shape index (κ3) is 4.47. The van der Waals surface area contributed by atoms with E-state index in [0.717, 1.165) is 10.6 Å². The van der Waals surface area contributed by atoms with Crippen LogP contribution in [0, 0.1) is 0 Å². The molecule has 2 aromatic carbocycles. The van der Waals surface area contributed by atoms with Crippen LogP contribution in [0.5, 0.6) is 0 Å². The minimum absolute atomic E-state index is 0.0146. The average molecular weight is 387 g/mol. The van der Waals surface area contributed by atoms with Crippen molar-refractivity contribution < 1.29 is 14.7 Å². The monoisotopic (exact) mass is 386 g/mol. The van der Waals surface area contributed by atoms with Gasteiger partial charge in [0.05, 0.1) is 12.1 Å². The third-order valence-electron chi connectivity index (χ3n) is 3.67. The van der Waals surface area contributed by atoms with Crippen LogP contribution < -0.4 is 5.32 Å². The highest BCUT2D eigenvalue weighted by Gasteiger charge is 2.22. The van der Waals surface area contributed by atoms with Gasteiger partial charge in [-0.15, -0.1) is 11.3 Å². The maximum Gasteiger partial charge on any atom is 0.330 e. The maximum absolute atomic E-state index is 12.3. The summed E-state index contributed by atoms with van der Waals surface area (Å²) in [6.45, 7) is 0. The van der Waals surface area contributed by atoms with E-state index in [2.05, 4.69) is 10.3 Å². The second-order valence-electron chi connectivity index (χ2n) is 5.58. The van der Waals surface area contributed by atoms with Crippen LogP contribution in [0.2, 0.25) is 5.02 Å². The number of hydrogen-bond acceptors (Lipinski definition) is 4. The Morgan fingerprint density at radius 2 is 1.81 bits per heavy atom. The van der Waals surface area contributed by atoms with E-state index >= 15 is 0 Å². The smallest absolute Gasteiger partial charge is 0.330 e. The molecular weight excluding hydrogens is 372 g/mol. The molecule has 26 heavy (non-hydrogen) atoms. The van der Waals surface area contributed by atoms with Crippen LogP contribution >= 0.6 is 22.9 Å². The number of carboxylic acids is 1. The van der Waals surface area contributed by atoms with E-state index in [1.807, 2.05) is 30.3 Å². The van der Waals surface area contributed by atoms with Gasteiger partial charge in [-0.3, -0.25) is 4.79 Å². The number of aliphatic carboxylic acids is 1. The molecule has 1 unspecified atom stereocenters. The van der Waals surface area contributed by atoms with Crippen LogP contribution in [-0.2, 0) is 16.0 Å². The molecule has 0 saturated heterocycles. The number of carboxylic acid groups (broad SMARTS) is 1. The molecule has 0 fully saturated rings. The molecule has 1 heterocycles. The zero-order valence-corrected chi connectivity index (χ0v) is 15.1. The number of rotatable bonds is 6. The normalized spacial score (nSPS) is 11.7. The van der Waals surface area contributed by atoms with Crippen molar-refractivity contribution in [3.8, 4) is 10.6 Å². The predicted octanol–water partition coefficient (Wildman–Crippen LogP) is 3.95. The first-order valence-electron chi connectivity index (χ1n) is 7.80. The Bertz CT molecular complexity index is 910. The molecule has 7 heteroatoms. The number of nitrogens with zero attached hydrogens (tertiary/aromatic N) is 1. The number of halogens is 1. The van der Waals surface area contributed by atoms with E-state index in [4.69, 9.17) is 11.6 Å². The maximum atomic E-state index is 12.3. The van der Waals surface area contributed by atoms with Gasteiger partial charge in [-0.1, -0.05) is 54.1 Å². The Balaban J connectivity index is 1.68. The van der Waals surface area contributed by atoms with Crippen molar-refractivity contribution >= 4 is 34.8 Å². The highest BCUT2D eigenvalue weighted by atomic mass is 35.5. The molecule has 0 saturated carbocycles. The van der Waals surface area contributed by atoms with Gasteiger partial charge in [0, 0.05) is 16.0 Å². The zero-order valence-electron chi connectivity index (χ0n) is 13.6. The van der Waals surface area contributed by atoms with E-state index < -0.39 is 17.9 Å². The summed E-state index contributed by atoms with van der Waals surface area (Å²) in [5.74, 6) is -1.54. The number of carbonyl (C=O) groups is 2. The summed E-state index contributed by atoms with van der Waals surface area (Å²) in [6, 6.07) is 14.9. The van der Waals surface area contributed by atoms with E-state index in [0.29, 0.717) is 16.3 Å². The highest BCUT2D eigenvalue weighted by Crippen LogP contribution is 2.23. The first-order chi connectivity index (χ1) is 12.5. The molecule has 1 aromatic heterocycles. The van der Waals surface area contributed by atoms with Crippen molar-refractivity contribution in [3.05, 3.63) is 76.3 Å². The molecule has 3 rings (SSSR count). The van der Waals surface area contributed by atoms with Crippen molar-refractivity contribution in [3.63, 3.8) is 0 Å². The van der Waals surface area contributed by atoms with Crippen molar-refractivity contribution in [1.29, 1.82) is 0 Å². The fourth-order valence-corrected chi connectivity index (χ4v) is 3.37. The van der Waals surface area contributed by atoms with Crippen molar-refractivity contribution in [1.82, 2.24) is 10.3 Å². The first kappa shape index (κ1) is 18.1. The van der Waals surface area contributed by atoms with Gasteiger partial charge < -0.3 is 10.4 Å². The lowest BCUT2D eigenvalue weighted by Crippen LogP contribution is -2.34. The molecule has 0 spiro atoms. The lowest BCUT2D eigenvalue weighted by Gasteiger charge is -2.14. The zero-order chi connectivity index (χ0) is 18.5. The van der Waals surface area contributed by atoms with Gasteiger partial charge in [0.2, 0.25) is 5.91 Å². The number of hydrogen-bond donors (Lipinski definition) is 2. The van der Waals surface area contributed by atoms with Gasteiger partial charge in [-0.2, -0.15) is 0 Å². The molecule has 3 aromatic rings. The molecule has 132 valence electrons. The van der Waals surface area contributed by atoms with Crippen LogP contribution in [0.4, 0.5) is 0 Å². The molecule has 5 nitrogen and oxygen atoms in total. The van der Waals surface area contributed by atoms with E-state index in [-0.39, 0.29) is 6.42 Å².